The third kappa shape index (κ3) is 4.11. The molecule has 0 aliphatic carbocycles. The first kappa shape index (κ1) is 22.6. The topological polar surface area (TPSA) is 56.2 Å². The highest BCUT2D eigenvalue weighted by atomic mass is 16.3. The van der Waals surface area contributed by atoms with E-state index in [2.05, 4.69) is 35.2 Å². The maximum absolute atomic E-state index is 7.47. The average molecular weight is 501 g/mol. The van der Waals surface area contributed by atoms with Crippen LogP contribution in [0.25, 0.3) is 72.1 Å². The van der Waals surface area contributed by atoms with Crippen molar-refractivity contribution in [2.24, 2.45) is 0 Å². The molecule has 2 aromatic heterocycles. The first-order valence-corrected chi connectivity index (χ1v) is 12.6. The van der Waals surface area contributed by atoms with E-state index in [1.54, 1.807) is 6.07 Å². The monoisotopic (exact) mass is 500 g/mol. The Morgan fingerprint density at radius 2 is 1.15 bits per heavy atom. The SMILES string of the molecule is [C-]#[N+]c1cccc(-c2nc(-c3ccccc3)nc(-c3cc(-c4ccccc4)cc4oc5ccccc5c34)n2)c1. The minimum atomic E-state index is 0.510. The fraction of sp³-hybridized carbons (Fsp3) is 0. The lowest BCUT2D eigenvalue weighted by Gasteiger charge is -2.11. The van der Waals surface area contributed by atoms with Crippen molar-refractivity contribution < 1.29 is 4.42 Å². The number of nitrogens with zero attached hydrogens (tertiary/aromatic N) is 4. The van der Waals surface area contributed by atoms with E-state index < -0.39 is 0 Å². The molecular weight excluding hydrogens is 480 g/mol. The average Bonchev–Trinajstić information content (AvgIpc) is 3.40. The maximum Gasteiger partial charge on any atom is 0.187 e. The van der Waals surface area contributed by atoms with Crippen molar-refractivity contribution in [3.63, 3.8) is 0 Å². The van der Waals surface area contributed by atoms with Crippen LogP contribution in [0.5, 0.6) is 0 Å². The van der Waals surface area contributed by atoms with E-state index in [1.165, 1.54) is 0 Å². The smallest absolute Gasteiger partial charge is 0.187 e. The third-order valence-electron chi connectivity index (χ3n) is 6.73. The van der Waals surface area contributed by atoms with E-state index >= 15 is 0 Å². The van der Waals surface area contributed by atoms with Gasteiger partial charge in [-0.05, 0) is 35.4 Å². The van der Waals surface area contributed by atoms with Crippen LogP contribution in [0.3, 0.4) is 0 Å². The van der Waals surface area contributed by atoms with Crippen LogP contribution in [0.15, 0.2) is 126 Å². The van der Waals surface area contributed by atoms with Crippen LogP contribution < -0.4 is 0 Å². The van der Waals surface area contributed by atoms with Gasteiger partial charge in [0, 0.05) is 27.5 Å². The lowest BCUT2D eigenvalue weighted by molar-refractivity contribution is 0.669. The zero-order valence-corrected chi connectivity index (χ0v) is 20.7. The summed E-state index contributed by atoms with van der Waals surface area (Å²) in [5, 5.41) is 1.96. The number of para-hydroxylation sites is 1. The van der Waals surface area contributed by atoms with Crippen LogP contribution in [0, 0.1) is 6.57 Å². The predicted octanol–water partition coefficient (Wildman–Crippen LogP) is 8.99. The third-order valence-corrected chi connectivity index (χ3v) is 6.73. The van der Waals surface area contributed by atoms with E-state index in [1.807, 2.05) is 84.9 Å². The van der Waals surface area contributed by atoms with Crippen LogP contribution in [0.2, 0.25) is 0 Å². The van der Waals surface area contributed by atoms with Gasteiger partial charge >= 0.3 is 0 Å². The van der Waals surface area contributed by atoms with Crippen LogP contribution >= 0.6 is 0 Å². The van der Waals surface area contributed by atoms with E-state index in [-0.39, 0.29) is 0 Å². The fourth-order valence-corrected chi connectivity index (χ4v) is 4.88. The van der Waals surface area contributed by atoms with Gasteiger partial charge in [0.1, 0.15) is 11.2 Å². The molecule has 7 rings (SSSR count). The van der Waals surface area contributed by atoms with E-state index in [9.17, 15) is 0 Å². The molecule has 7 aromatic rings. The molecule has 0 unspecified atom stereocenters. The second-order valence-corrected chi connectivity index (χ2v) is 9.20. The summed E-state index contributed by atoms with van der Waals surface area (Å²) in [7, 11) is 0. The number of rotatable bonds is 4. The summed E-state index contributed by atoms with van der Waals surface area (Å²) in [5.74, 6) is 1.62. The summed E-state index contributed by atoms with van der Waals surface area (Å²) in [5.41, 5.74) is 6.70. The summed E-state index contributed by atoms with van der Waals surface area (Å²) in [4.78, 5) is 18.4. The van der Waals surface area contributed by atoms with Crippen molar-refractivity contribution in [2.75, 3.05) is 0 Å². The molecule has 0 saturated heterocycles. The van der Waals surface area contributed by atoms with Crippen molar-refractivity contribution in [1.82, 2.24) is 15.0 Å². The molecule has 0 N–H and O–H groups in total. The minimum absolute atomic E-state index is 0.510. The van der Waals surface area contributed by atoms with E-state index in [0.717, 1.165) is 49.8 Å². The summed E-state index contributed by atoms with van der Waals surface area (Å²) < 4.78 is 6.33. The predicted molar refractivity (Wildman–Crippen MR) is 155 cm³/mol. The Labute approximate surface area is 224 Å². The first-order chi connectivity index (χ1) is 19.3. The molecule has 0 saturated carbocycles. The summed E-state index contributed by atoms with van der Waals surface area (Å²) in [6, 6.07) is 39.7. The van der Waals surface area contributed by atoms with Gasteiger partial charge in [-0.3, -0.25) is 0 Å². The Kier molecular flexibility index (Phi) is 5.42. The first-order valence-electron chi connectivity index (χ1n) is 12.6. The van der Waals surface area contributed by atoms with Gasteiger partial charge in [-0.25, -0.2) is 19.8 Å². The van der Waals surface area contributed by atoms with Crippen molar-refractivity contribution in [2.45, 2.75) is 0 Å². The molecule has 0 spiro atoms. The Morgan fingerprint density at radius 3 is 1.92 bits per heavy atom. The van der Waals surface area contributed by atoms with Crippen LogP contribution in [-0.4, -0.2) is 15.0 Å². The van der Waals surface area contributed by atoms with Crippen molar-refractivity contribution >= 4 is 27.6 Å². The summed E-state index contributed by atoms with van der Waals surface area (Å²) >= 11 is 0. The van der Waals surface area contributed by atoms with Gasteiger partial charge in [-0.2, -0.15) is 0 Å². The number of benzene rings is 5. The quantitative estimate of drug-likeness (QED) is 0.226. The zero-order chi connectivity index (χ0) is 26.2. The Hall–Kier alpha value is -5.60. The molecule has 0 atom stereocenters. The molecular formula is C34H20N4O. The number of fused-ring (bicyclic) bond motifs is 3. The zero-order valence-electron chi connectivity index (χ0n) is 20.7. The Morgan fingerprint density at radius 1 is 0.513 bits per heavy atom. The summed E-state index contributed by atoms with van der Waals surface area (Å²) in [6.07, 6.45) is 0. The van der Waals surface area contributed by atoms with Crippen LogP contribution in [0.4, 0.5) is 5.69 Å². The van der Waals surface area contributed by atoms with Gasteiger partial charge in [0.2, 0.25) is 0 Å². The molecule has 5 heteroatoms. The maximum atomic E-state index is 7.47. The second kappa shape index (κ2) is 9.37. The minimum Gasteiger partial charge on any atom is -0.456 e. The molecule has 0 aliphatic heterocycles. The number of aromatic nitrogens is 3. The molecule has 0 amide bonds. The second-order valence-electron chi connectivity index (χ2n) is 9.20. The standard InChI is InChI=1S/C34H20N4O/c1-35-26-16-10-15-24(19-26)33-36-32(23-13-6-3-7-14-23)37-34(38-33)28-20-25(22-11-4-2-5-12-22)21-30-31(28)27-17-8-9-18-29(27)39-30/h2-21H. The molecule has 0 bridgehead atoms. The number of hydrogen-bond acceptors (Lipinski definition) is 4. The van der Waals surface area contributed by atoms with Crippen molar-refractivity contribution in [3.8, 4) is 45.3 Å². The Balaban J connectivity index is 1.55. The molecule has 5 nitrogen and oxygen atoms in total. The van der Waals surface area contributed by atoms with Crippen molar-refractivity contribution in [3.05, 3.63) is 133 Å². The van der Waals surface area contributed by atoms with Gasteiger partial charge in [0.05, 0.1) is 6.57 Å². The highest BCUT2D eigenvalue weighted by Gasteiger charge is 2.19. The molecule has 182 valence electrons. The molecule has 0 fully saturated rings. The molecule has 2 heterocycles. The van der Waals surface area contributed by atoms with E-state index in [0.29, 0.717) is 23.2 Å². The van der Waals surface area contributed by atoms with Gasteiger partial charge in [0.15, 0.2) is 23.2 Å². The molecule has 39 heavy (non-hydrogen) atoms. The van der Waals surface area contributed by atoms with Gasteiger partial charge in [-0.1, -0.05) is 97.1 Å². The van der Waals surface area contributed by atoms with E-state index in [4.69, 9.17) is 25.9 Å². The lowest BCUT2D eigenvalue weighted by atomic mass is 9.98. The fourth-order valence-electron chi connectivity index (χ4n) is 4.88. The highest BCUT2D eigenvalue weighted by molar-refractivity contribution is 6.13. The van der Waals surface area contributed by atoms with Gasteiger partial charge < -0.3 is 4.42 Å². The Bertz CT molecular complexity index is 2020. The van der Waals surface area contributed by atoms with Crippen LogP contribution in [0.1, 0.15) is 0 Å². The highest BCUT2D eigenvalue weighted by Crippen LogP contribution is 2.39. The normalized spacial score (nSPS) is 11.1. The molecule has 5 aromatic carbocycles. The van der Waals surface area contributed by atoms with Crippen molar-refractivity contribution in [1.29, 1.82) is 0 Å². The molecule has 0 radical (unpaired) electrons. The van der Waals surface area contributed by atoms with Gasteiger partial charge in [0.25, 0.3) is 0 Å². The largest absolute Gasteiger partial charge is 0.456 e. The number of hydrogen-bond donors (Lipinski definition) is 0. The molecule has 0 aliphatic rings. The lowest BCUT2D eigenvalue weighted by Crippen LogP contribution is -2.00. The summed E-state index contributed by atoms with van der Waals surface area (Å²) in [6.45, 7) is 7.47. The number of furan rings is 1. The van der Waals surface area contributed by atoms with Gasteiger partial charge in [-0.15, -0.1) is 0 Å². The van der Waals surface area contributed by atoms with Crippen LogP contribution in [-0.2, 0) is 0 Å².